The smallest absolute Gasteiger partial charge is 0.338 e. The minimum absolute atomic E-state index is 0.110. The van der Waals surface area contributed by atoms with Crippen LogP contribution in [0.5, 0.6) is 0 Å². The molecule has 1 fully saturated rings. The first-order valence-corrected chi connectivity index (χ1v) is 8.78. The number of carbonyl (C=O) groups excluding carboxylic acids is 3. The van der Waals surface area contributed by atoms with Crippen molar-refractivity contribution in [3.05, 3.63) is 29.8 Å². The van der Waals surface area contributed by atoms with Crippen molar-refractivity contribution >= 4 is 23.5 Å². The number of hydrogen-bond donors (Lipinski definition) is 1. The standard InChI is InChI=1S/C19H26N2O4/c1-4-6-13-21(3)18(24)19(11-12-19)17(23)20-15-9-7-14(8-10-15)16(22)25-5-2/h7-10H,4-6,11-13H2,1-3H3,(H,20,23). The molecule has 0 atom stereocenters. The van der Waals surface area contributed by atoms with E-state index in [1.165, 1.54) is 0 Å². The molecule has 1 aromatic rings. The predicted octanol–water partition coefficient (Wildman–Crippen LogP) is 2.84. The molecule has 0 spiro atoms. The van der Waals surface area contributed by atoms with Gasteiger partial charge in [-0.05, 0) is 50.5 Å². The predicted molar refractivity (Wildman–Crippen MR) is 95.2 cm³/mol. The highest BCUT2D eigenvalue weighted by atomic mass is 16.5. The molecule has 0 saturated heterocycles. The molecule has 0 unspecified atom stereocenters. The summed E-state index contributed by atoms with van der Waals surface area (Å²) in [6, 6.07) is 6.49. The number of ether oxygens (including phenoxy) is 1. The van der Waals surface area contributed by atoms with Gasteiger partial charge in [-0.2, -0.15) is 0 Å². The Morgan fingerprint density at radius 3 is 2.32 bits per heavy atom. The zero-order valence-electron chi connectivity index (χ0n) is 15.1. The Bertz CT molecular complexity index is 635. The number of nitrogens with zero attached hydrogens (tertiary/aromatic N) is 1. The van der Waals surface area contributed by atoms with E-state index in [-0.39, 0.29) is 11.8 Å². The van der Waals surface area contributed by atoms with Crippen molar-refractivity contribution in [1.29, 1.82) is 0 Å². The van der Waals surface area contributed by atoms with Crippen LogP contribution < -0.4 is 5.32 Å². The number of amides is 2. The molecule has 1 saturated carbocycles. The van der Waals surface area contributed by atoms with Crippen molar-refractivity contribution in [2.75, 3.05) is 25.5 Å². The lowest BCUT2D eigenvalue weighted by atomic mass is 10.0. The van der Waals surface area contributed by atoms with E-state index in [1.54, 1.807) is 43.1 Å². The third-order valence-electron chi connectivity index (χ3n) is 4.44. The first kappa shape index (κ1) is 19.0. The van der Waals surface area contributed by atoms with E-state index in [0.717, 1.165) is 12.8 Å². The molecule has 0 radical (unpaired) electrons. The van der Waals surface area contributed by atoms with Gasteiger partial charge in [-0.3, -0.25) is 9.59 Å². The van der Waals surface area contributed by atoms with E-state index >= 15 is 0 Å². The summed E-state index contributed by atoms with van der Waals surface area (Å²) in [7, 11) is 1.75. The van der Waals surface area contributed by atoms with Gasteiger partial charge in [0.25, 0.3) is 0 Å². The number of nitrogens with one attached hydrogen (secondary N) is 1. The third-order valence-corrected chi connectivity index (χ3v) is 4.44. The topological polar surface area (TPSA) is 75.7 Å². The Balaban J connectivity index is 1.99. The van der Waals surface area contributed by atoms with Crippen molar-refractivity contribution < 1.29 is 19.1 Å². The van der Waals surface area contributed by atoms with Crippen LogP contribution in [0.4, 0.5) is 5.69 Å². The second kappa shape index (κ2) is 8.14. The van der Waals surface area contributed by atoms with Gasteiger partial charge in [0.15, 0.2) is 0 Å². The van der Waals surface area contributed by atoms with Crippen LogP contribution in [0.3, 0.4) is 0 Å². The summed E-state index contributed by atoms with van der Waals surface area (Å²) in [6.45, 7) is 4.79. The maximum Gasteiger partial charge on any atom is 0.338 e. The lowest BCUT2D eigenvalue weighted by Crippen LogP contribution is -2.41. The van der Waals surface area contributed by atoms with E-state index in [1.807, 2.05) is 0 Å². The highest BCUT2D eigenvalue weighted by Crippen LogP contribution is 2.48. The number of unbranched alkanes of at least 4 members (excludes halogenated alkanes) is 1. The van der Waals surface area contributed by atoms with Gasteiger partial charge in [0.05, 0.1) is 12.2 Å². The molecule has 0 aliphatic heterocycles. The maximum absolute atomic E-state index is 12.6. The van der Waals surface area contributed by atoms with Gasteiger partial charge in [-0.1, -0.05) is 13.3 Å². The number of anilines is 1. The van der Waals surface area contributed by atoms with E-state index in [4.69, 9.17) is 4.74 Å². The SMILES string of the molecule is CCCCN(C)C(=O)C1(C(=O)Nc2ccc(C(=O)OCC)cc2)CC1. The molecule has 1 N–H and O–H groups in total. The fourth-order valence-corrected chi connectivity index (χ4v) is 2.68. The van der Waals surface area contributed by atoms with Gasteiger partial charge in [0.2, 0.25) is 11.8 Å². The van der Waals surface area contributed by atoms with Crippen molar-refractivity contribution in [1.82, 2.24) is 4.90 Å². The molecule has 136 valence electrons. The minimum atomic E-state index is -0.928. The summed E-state index contributed by atoms with van der Waals surface area (Å²) in [5, 5.41) is 2.80. The van der Waals surface area contributed by atoms with Gasteiger partial charge in [0, 0.05) is 19.3 Å². The first-order valence-electron chi connectivity index (χ1n) is 8.78. The molecular weight excluding hydrogens is 320 g/mol. The molecule has 1 aliphatic rings. The molecule has 1 aliphatic carbocycles. The van der Waals surface area contributed by atoms with Gasteiger partial charge in [0.1, 0.15) is 5.41 Å². The fraction of sp³-hybridized carbons (Fsp3) is 0.526. The Labute approximate surface area is 148 Å². The molecule has 2 amide bonds. The van der Waals surface area contributed by atoms with Crippen LogP contribution in [0.1, 0.15) is 49.9 Å². The molecule has 1 aromatic carbocycles. The third kappa shape index (κ3) is 4.38. The van der Waals surface area contributed by atoms with Crippen molar-refractivity contribution in [2.24, 2.45) is 5.41 Å². The quantitative estimate of drug-likeness (QED) is 0.580. The van der Waals surface area contributed by atoms with Crippen LogP contribution >= 0.6 is 0 Å². The maximum atomic E-state index is 12.6. The molecule has 0 aromatic heterocycles. The monoisotopic (exact) mass is 346 g/mol. The normalized spacial score (nSPS) is 14.5. The molecule has 25 heavy (non-hydrogen) atoms. The average molecular weight is 346 g/mol. The molecular formula is C19H26N2O4. The van der Waals surface area contributed by atoms with Gasteiger partial charge in [-0.25, -0.2) is 4.79 Å². The number of carbonyl (C=O) groups is 3. The Kier molecular flexibility index (Phi) is 6.17. The Morgan fingerprint density at radius 1 is 1.16 bits per heavy atom. The average Bonchev–Trinajstić information content (AvgIpc) is 3.41. The van der Waals surface area contributed by atoms with E-state index in [0.29, 0.717) is 37.2 Å². The van der Waals surface area contributed by atoms with Gasteiger partial charge < -0.3 is 15.0 Å². The Hall–Kier alpha value is -2.37. The lowest BCUT2D eigenvalue weighted by Gasteiger charge is -2.23. The minimum Gasteiger partial charge on any atom is -0.462 e. The number of hydrogen-bond acceptors (Lipinski definition) is 4. The van der Waals surface area contributed by atoms with Crippen LogP contribution in [0.25, 0.3) is 0 Å². The molecule has 0 heterocycles. The fourth-order valence-electron chi connectivity index (χ4n) is 2.68. The second-order valence-corrected chi connectivity index (χ2v) is 6.41. The van der Waals surface area contributed by atoms with Crippen molar-refractivity contribution in [2.45, 2.75) is 39.5 Å². The summed E-state index contributed by atoms with van der Waals surface area (Å²) in [5.41, 5.74) is 0.0622. The molecule has 0 bridgehead atoms. The van der Waals surface area contributed by atoms with Crippen molar-refractivity contribution in [3.8, 4) is 0 Å². The zero-order chi connectivity index (χ0) is 18.4. The van der Waals surface area contributed by atoms with Crippen LogP contribution in [0, 0.1) is 5.41 Å². The van der Waals surface area contributed by atoms with Crippen LogP contribution in [-0.4, -0.2) is 42.9 Å². The first-order chi connectivity index (χ1) is 11.9. The molecule has 2 rings (SSSR count). The van der Waals surface area contributed by atoms with E-state index in [2.05, 4.69) is 12.2 Å². The molecule has 6 heteroatoms. The van der Waals surface area contributed by atoms with E-state index < -0.39 is 11.4 Å². The number of benzene rings is 1. The lowest BCUT2D eigenvalue weighted by molar-refractivity contribution is -0.141. The Morgan fingerprint density at radius 2 is 1.80 bits per heavy atom. The van der Waals surface area contributed by atoms with Crippen molar-refractivity contribution in [3.63, 3.8) is 0 Å². The zero-order valence-corrected chi connectivity index (χ0v) is 15.1. The summed E-state index contributed by atoms with van der Waals surface area (Å²) in [5.74, 6) is -0.780. The summed E-state index contributed by atoms with van der Waals surface area (Å²) < 4.78 is 4.93. The highest BCUT2D eigenvalue weighted by Gasteiger charge is 2.57. The van der Waals surface area contributed by atoms with Crippen LogP contribution in [0.15, 0.2) is 24.3 Å². The largest absolute Gasteiger partial charge is 0.462 e. The number of esters is 1. The van der Waals surface area contributed by atoms with Gasteiger partial charge in [-0.15, -0.1) is 0 Å². The molecule has 6 nitrogen and oxygen atoms in total. The van der Waals surface area contributed by atoms with Crippen LogP contribution in [0.2, 0.25) is 0 Å². The highest BCUT2D eigenvalue weighted by molar-refractivity contribution is 6.13. The number of rotatable bonds is 8. The van der Waals surface area contributed by atoms with Gasteiger partial charge >= 0.3 is 5.97 Å². The summed E-state index contributed by atoms with van der Waals surface area (Å²) in [6.07, 6.45) is 3.09. The van der Waals surface area contributed by atoms with E-state index in [9.17, 15) is 14.4 Å². The summed E-state index contributed by atoms with van der Waals surface area (Å²) in [4.78, 5) is 38.5. The summed E-state index contributed by atoms with van der Waals surface area (Å²) >= 11 is 0. The van der Waals surface area contributed by atoms with Crippen LogP contribution in [-0.2, 0) is 14.3 Å². The second-order valence-electron chi connectivity index (χ2n) is 6.41.